The molecular formula is C13H15NO. The lowest BCUT2D eigenvalue weighted by molar-refractivity contribution is 0.0857. The summed E-state index contributed by atoms with van der Waals surface area (Å²) in [5.74, 6) is 0.115. The van der Waals surface area contributed by atoms with Gasteiger partial charge in [0.2, 0.25) is 0 Å². The fraction of sp³-hybridized carbons (Fsp3) is 0.385. The van der Waals surface area contributed by atoms with Gasteiger partial charge in [-0.3, -0.25) is 4.79 Å². The number of hydrogen-bond acceptors (Lipinski definition) is 2. The Labute approximate surface area is 90.5 Å². The Balaban J connectivity index is 3.19. The van der Waals surface area contributed by atoms with Crippen molar-refractivity contribution in [3.63, 3.8) is 0 Å². The van der Waals surface area contributed by atoms with Crippen LogP contribution in [0.15, 0.2) is 18.2 Å². The minimum absolute atomic E-state index is 0.115. The Hall–Kier alpha value is -1.62. The highest BCUT2D eigenvalue weighted by Gasteiger charge is 2.23. The molecule has 1 aromatic rings. The number of nitriles is 1. The molecule has 0 heterocycles. The first kappa shape index (κ1) is 11.5. The molecular weight excluding hydrogens is 186 g/mol. The lowest BCUT2D eigenvalue weighted by atomic mass is 9.84. The van der Waals surface area contributed by atoms with Crippen LogP contribution in [0.25, 0.3) is 0 Å². The lowest BCUT2D eigenvalue weighted by Gasteiger charge is -2.18. The van der Waals surface area contributed by atoms with Gasteiger partial charge in [0.15, 0.2) is 5.78 Å². The van der Waals surface area contributed by atoms with Crippen LogP contribution in [0, 0.1) is 23.7 Å². The van der Waals surface area contributed by atoms with Gasteiger partial charge in [-0.15, -0.1) is 0 Å². The molecule has 0 radical (unpaired) electrons. The largest absolute Gasteiger partial charge is 0.294 e. The highest BCUT2D eigenvalue weighted by atomic mass is 16.1. The van der Waals surface area contributed by atoms with Crippen LogP contribution in [0.5, 0.6) is 0 Å². The fourth-order valence-electron chi connectivity index (χ4n) is 1.39. The van der Waals surface area contributed by atoms with Crippen molar-refractivity contribution in [3.8, 4) is 6.07 Å². The lowest BCUT2D eigenvalue weighted by Crippen LogP contribution is -2.21. The Bertz CT molecular complexity index is 433. The maximum absolute atomic E-state index is 12.0. The third-order valence-corrected chi connectivity index (χ3v) is 2.28. The summed E-state index contributed by atoms with van der Waals surface area (Å²) in [5.41, 5.74) is 1.80. The van der Waals surface area contributed by atoms with E-state index >= 15 is 0 Å². The molecule has 0 aliphatic carbocycles. The summed E-state index contributed by atoms with van der Waals surface area (Å²) in [5, 5.41) is 8.72. The molecule has 2 heteroatoms. The maximum atomic E-state index is 12.0. The summed E-state index contributed by atoms with van der Waals surface area (Å²) >= 11 is 0. The Morgan fingerprint density at radius 2 is 1.93 bits per heavy atom. The van der Waals surface area contributed by atoms with E-state index in [4.69, 9.17) is 5.26 Å². The van der Waals surface area contributed by atoms with Crippen molar-refractivity contribution in [1.82, 2.24) is 0 Å². The van der Waals surface area contributed by atoms with Gasteiger partial charge in [0, 0.05) is 11.0 Å². The average molecular weight is 201 g/mol. The molecule has 0 bridgehead atoms. The molecule has 0 atom stereocenters. The van der Waals surface area contributed by atoms with Gasteiger partial charge in [0.25, 0.3) is 0 Å². The molecule has 78 valence electrons. The molecule has 2 nitrogen and oxygen atoms in total. The van der Waals surface area contributed by atoms with E-state index in [2.05, 4.69) is 6.07 Å². The predicted molar refractivity (Wildman–Crippen MR) is 59.7 cm³/mol. The zero-order valence-corrected chi connectivity index (χ0v) is 9.59. The number of carbonyl (C=O) groups is 1. The highest BCUT2D eigenvalue weighted by Crippen LogP contribution is 2.23. The van der Waals surface area contributed by atoms with Crippen LogP contribution < -0.4 is 0 Å². The van der Waals surface area contributed by atoms with E-state index in [1.54, 1.807) is 18.2 Å². The first-order valence-electron chi connectivity index (χ1n) is 4.92. The minimum Gasteiger partial charge on any atom is -0.294 e. The van der Waals surface area contributed by atoms with Crippen molar-refractivity contribution >= 4 is 5.78 Å². The van der Waals surface area contributed by atoms with E-state index in [-0.39, 0.29) is 11.2 Å². The SMILES string of the molecule is Cc1cc(C#N)ccc1C(=O)C(C)(C)C. The second-order valence-electron chi connectivity index (χ2n) is 4.72. The quantitative estimate of drug-likeness (QED) is 0.655. The van der Waals surface area contributed by atoms with Gasteiger partial charge in [0.1, 0.15) is 0 Å². The van der Waals surface area contributed by atoms with E-state index in [0.717, 1.165) is 5.56 Å². The van der Waals surface area contributed by atoms with Crippen molar-refractivity contribution in [3.05, 3.63) is 34.9 Å². The number of nitrogens with zero attached hydrogens (tertiary/aromatic N) is 1. The normalized spacial score (nSPS) is 10.9. The predicted octanol–water partition coefficient (Wildman–Crippen LogP) is 3.10. The van der Waals surface area contributed by atoms with E-state index in [1.807, 2.05) is 27.7 Å². The summed E-state index contributed by atoms with van der Waals surface area (Å²) in [4.78, 5) is 12.0. The van der Waals surface area contributed by atoms with Crippen molar-refractivity contribution in [1.29, 1.82) is 5.26 Å². The van der Waals surface area contributed by atoms with Crippen molar-refractivity contribution in [2.75, 3.05) is 0 Å². The van der Waals surface area contributed by atoms with Gasteiger partial charge in [-0.25, -0.2) is 0 Å². The summed E-state index contributed by atoms with van der Waals surface area (Å²) in [6.45, 7) is 7.55. The summed E-state index contributed by atoms with van der Waals surface area (Å²) in [7, 11) is 0. The molecule has 0 aliphatic rings. The minimum atomic E-state index is -0.376. The monoisotopic (exact) mass is 201 g/mol. The van der Waals surface area contributed by atoms with Gasteiger partial charge in [-0.2, -0.15) is 5.26 Å². The summed E-state index contributed by atoms with van der Waals surface area (Å²) < 4.78 is 0. The van der Waals surface area contributed by atoms with E-state index in [9.17, 15) is 4.79 Å². The van der Waals surface area contributed by atoms with Crippen LogP contribution in [0.4, 0.5) is 0 Å². The molecule has 1 rings (SSSR count). The third-order valence-electron chi connectivity index (χ3n) is 2.28. The number of rotatable bonds is 1. The summed E-state index contributed by atoms with van der Waals surface area (Å²) in [6.07, 6.45) is 0. The van der Waals surface area contributed by atoms with Crippen molar-refractivity contribution < 1.29 is 4.79 Å². The van der Waals surface area contributed by atoms with E-state index in [1.165, 1.54) is 0 Å². The summed E-state index contributed by atoms with van der Waals surface area (Å²) in [6, 6.07) is 7.23. The highest BCUT2D eigenvalue weighted by molar-refractivity contribution is 6.01. The topological polar surface area (TPSA) is 40.9 Å². The molecule has 15 heavy (non-hydrogen) atoms. The van der Waals surface area contributed by atoms with Gasteiger partial charge >= 0.3 is 0 Å². The van der Waals surface area contributed by atoms with Crippen LogP contribution in [-0.2, 0) is 0 Å². The maximum Gasteiger partial charge on any atom is 0.168 e. The van der Waals surface area contributed by atoms with Crippen LogP contribution in [0.1, 0.15) is 42.3 Å². The molecule has 0 N–H and O–H groups in total. The second-order valence-corrected chi connectivity index (χ2v) is 4.72. The van der Waals surface area contributed by atoms with Crippen molar-refractivity contribution in [2.24, 2.45) is 5.41 Å². The number of hydrogen-bond donors (Lipinski definition) is 0. The number of Topliss-reactive ketones (excluding diaryl/α,β-unsaturated/α-hetero) is 1. The Morgan fingerprint density at radius 3 is 2.33 bits per heavy atom. The Kier molecular flexibility index (Phi) is 2.95. The average Bonchev–Trinajstić information content (AvgIpc) is 2.15. The van der Waals surface area contributed by atoms with E-state index in [0.29, 0.717) is 11.1 Å². The van der Waals surface area contributed by atoms with Crippen LogP contribution in [0.2, 0.25) is 0 Å². The number of ketones is 1. The molecule has 0 unspecified atom stereocenters. The smallest absolute Gasteiger partial charge is 0.168 e. The number of carbonyl (C=O) groups excluding carboxylic acids is 1. The number of aryl methyl sites for hydroxylation is 1. The van der Waals surface area contributed by atoms with Gasteiger partial charge < -0.3 is 0 Å². The van der Waals surface area contributed by atoms with Crippen LogP contribution >= 0.6 is 0 Å². The number of benzene rings is 1. The first-order chi connectivity index (χ1) is 6.86. The third kappa shape index (κ3) is 2.44. The molecule has 0 aliphatic heterocycles. The zero-order chi connectivity index (χ0) is 11.6. The molecule has 0 spiro atoms. The fourth-order valence-corrected chi connectivity index (χ4v) is 1.39. The molecule has 0 aromatic heterocycles. The zero-order valence-electron chi connectivity index (χ0n) is 9.59. The van der Waals surface area contributed by atoms with Gasteiger partial charge in [-0.05, 0) is 30.7 Å². The molecule has 0 fully saturated rings. The van der Waals surface area contributed by atoms with Crippen molar-refractivity contribution in [2.45, 2.75) is 27.7 Å². The molecule has 0 saturated carbocycles. The Morgan fingerprint density at radius 1 is 1.33 bits per heavy atom. The van der Waals surface area contributed by atoms with E-state index < -0.39 is 0 Å². The molecule has 0 saturated heterocycles. The second kappa shape index (κ2) is 3.86. The first-order valence-corrected chi connectivity index (χ1v) is 4.92. The van der Waals surface area contributed by atoms with Crippen LogP contribution in [-0.4, -0.2) is 5.78 Å². The van der Waals surface area contributed by atoms with Crippen LogP contribution in [0.3, 0.4) is 0 Å². The molecule has 1 aromatic carbocycles. The van der Waals surface area contributed by atoms with Gasteiger partial charge in [0.05, 0.1) is 11.6 Å². The van der Waals surface area contributed by atoms with Gasteiger partial charge in [-0.1, -0.05) is 20.8 Å². The standard InChI is InChI=1S/C13H15NO/c1-9-7-10(8-14)5-6-11(9)12(15)13(2,3)4/h5-7H,1-4H3. The molecule has 0 amide bonds.